The number of hydrogen-bond acceptors (Lipinski definition) is 3. The Morgan fingerprint density at radius 2 is 2.38 bits per heavy atom. The zero-order valence-electron chi connectivity index (χ0n) is 7.78. The monoisotopic (exact) mass is 180 g/mol. The van der Waals surface area contributed by atoms with Crippen LogP contribution < -0.4 is 5.56 Å². The minimum absolute atomic E-state index is 0.0144. The Balaban J connectivity index is 2.36. The molecule has 0 N–H and O–H groups in total. The molecule has 1 aliphatic heterocycles. The molecule has 1 aromatic rings. The molecule has 2 heterocycles. The van der Waals surface area contributed by atoms with Gasteiger partial charge in [0, 0.05) is 11.8 Å². The van der Waals surface area contributed by atoms with E-state index >= 15 is 0 Å². The third-order valence-electron chi connectivity index (χ3n) is 2.12. The van der Waals surface area contributed by atoms with Gasteiger partial charge in [-0.2, -0.15) is 0 Å². The van der Waals surface area contributed by atoms with Crippen molar-refractivity contribution in [1.29, 1.82) is 0 Å². The molecule has 70 valence electrons. The summed E-state index contributed by atoms with van der Waals surface area (Å²) in [6.45, 7) is 5.07. The number of rotatable bonds is 2. The molecule has 1 aliphatic rings. The molecule has 0 saturated carbocycles. The van der Waals surface area contributed by atoms with Crippen molar-refractivity contribution in [3.8, 4) is 0 Å². The summed E-state index contributed by atoms with van der Waals surface area (Å²) in [5.74, 6) is 0.764. The van der Waals surface area contributed by atoms with Crippen LogP contribution in [0.1, 0.15) is 11.5 Å². The maximum absolute atomic E-state index is 11.5. The Morgan fingerprint density at radius 1 is 1.69 bits per heavy atom. The van der Waals surface area contributed by atoms with Gasteiger partial charge in [-0.15, -0.1) is 0 Å². The van der Waals surface area contributed by atoms with Crippen LogP contribution in [0, 0.1) is 13.8 Å². The van der Waals surface area contributed by atoms with Crippen molar-refractivity contribution in [3.05, 3.63) is 27.9 Å². The van der Waals surface area contributed by atoms with Crippen molar-refractivity contribution >= 4 is 0 Å². The number of aromatic nitrogens is 2. The minimum atomic E-state index is 0.0144. The Morgan fingerprint density at radius 3 is 2.92 bits per heavy atom. The van der Waals surface area contributed by atoms with E-state index in [1.807, 2.05) is 13.8 Å². The molecular weight excluding hydrogens is 168 g/mol. The van der Waals surface area contributed by atoms with Crippen LogP contribution in [0.5, 0.6) is 0 Å². The Hall–Kier alpha value is -1.16. The maximum atomic E-state index is 11.5. The van der Waals surface area contributed by atoms with Gasteiger partial charge >= 0.3 is 0 Å². The second kappa shape index (κ2) is 2.96. The van der Waals surface area contributed by atoms with Gasteiger partial charge in [0.2, 0.25) is 0 Å². The van der Waals surface area contributed by atoms with Crippen LogP contribution in [0.25, 0.3) is 0 Å². The SMILES string of the molecule is Cc1cc(=O)n(CC2CO2)c(C)n1. The number of aryl methyl sites for hydroxylation is 2. The average molecular weight is 180 g/mol. The first kappa shape index (κ1) is 8.44. The lowest BCUT2D eigenvalue weighted by atomic mass is 10.4. The number of epoxide rings is 1. The molecule has 0 spiro atoms. The van der Waals surface area contributed by atoms with Gasteiger partial charge in [-0.25, -0.2) is 4.98 Å². The summed E-state index contributed by atoms with van der Waals surface area (Å²) < 4.78 is 6.72. The molecule has 1 aromatic heterocycles. The van der Waals surface area contributed by atoms with Crippen LogP contribution in [0.2, 0.25) is 0 Å². The van der Waals surface area contributed by atoms with E-state index in [9.17, 15) is 4.79 Å². The second-order valence-electron chi connectivity index (χ2n) is 3.35. The normalized spacial score (nSPS) is 20.3. The van der Waals surface area contributed by atoms with E-state index in [0.29, 0.717) is 6.54 Å². The van der Waals surface area contributed by atoms with Gasteiger partial charge in [0.1, 0.15) is 5.82 Å². The fraction of sp³-hybridized carbons (Fsp3) is 0.556. The van der Waals surface area contributed by atoms with Crippen LogP contribution in [-0.4, -0.2) is 22.3 Å². The average Bonchev–Trinajstić information content (AvgIpc) is 2.79. The predicted molar refractivity (Wildman–Crippen MR) is 47.7 cm³/mol. The fourth-order valence-electron chi connectivity index (χ4n) is 1.36. The zero-order valence-corrected chi connectivity index (χ0v) is 7.78. The predicted octanol–water partition coefficient (Wildman–Crippen LogP) is 0.259. The summed E-state index contributed by atoms with van der Waals surface area (Å²) in [4.78, 5) is 15.7. The summed E-state index contributed by atoms with van der Waals surface area (Å²) in [6, 6.07) is 1.55. The Kier molecular flexibility index (Phi) is 1.92. The third kappa shape index (κ3) is 1.78. The van der Waals surface area contributed by atoms with Gasteiger partial charge in [0.25, 0.3) is 5.56 Å². The van der Waals surface area contributed by atoms with Crippen molar-refractivity contribution in [2.45, 2.75) is 26.5 Å². The quantitative estimate of drug-likeness (QED) is 0.613. The molecule has 0 amide bonds. The summed E-state index contributed by atoms with van der Waals surface area (Å²) in [6.07, 6.45) is 0.223. The van der Waals surface area contributed by atoms with E-state index < -0.39 is 0 Å². The lowest BCUT2D eigenvalue weighted by Crippen LogP contribution is -2.25. The highest BCUT2D eigenvalue weighted by atomic mass is 16.6. The Bertz CT molecular complexity index is 380. The number of ether oxygens (including phenoxy) is 1. The van der Waals surface area contributed by atoms with E-state index in [0.717, 1.165) is 18.1 Å². The van der Waals surface area contributed by atoms with Crippen molar-refractivity contribution in [2.24, 2.45) is 0 Å². The highest BCUT2D eigenvalue weighted by Crippen LogP contribution is 2.11. The van der Waals surface area contributed by atoms with Gasteiger partial charge in [-0.3, -0.25) is 9.36 Å². The topological polar surface area (TPSA) is 47.4 Å². The lowest BCUT2D eigenvalue weighted by molar-refractivity contribution is 0.376. The van der Waals surface area contributed by atoms with Crippen molar-refractivity contribution in [1.82, 2.24) is 9.55 Å². The first-order valence-electron chi connectivity index (χ1n) is 4.33. The first-order chi connectivity index (χ1) is 6.16. The van der Waals surface area contributed by atoms with Crippen LogP contribution in [0.3, 0.4) is 0 Å². The van der Waals surface area contributed by atoms with Gasteiger partial charge < -0.3 is 4.74 Å². The van der Waals surface area contributed by atoms with Crippen LogP contribution >= 0.6 is 0 Å². The molecule has 0 radical (unpaired) electrons. The molecule has 0 aliphatic carbocycles. The fourth-order valence-corrected chi connectivity index (χ4v) is 1.36. The van der Waals surface area contributed by atoms with Crippen molar-refractivity contribution in [3.63, 3.8) is 0 Å². The summed E-state index contributed by atoms with van der Waals surface area (Å²) in [5, 5.41) is 0. The van der Waals surface area contributed by atoms with Crippen LogP contribution in [0.15, 0.2) is 10.9 Å². The zero-order chi connectivity index (χ0) is 9.42. The smallest absolute Gasteiger partial charge is 0.253 e. The molecule has 4 heteroatoms. The van der Waals surface area contributed by atoms with E-state index in [1.54, 1.807) is 10.6 Å². The summed E-state index contributed by atoms with van der Waals surface area (Å²) in [7, 11) is 0. The molecule has 0 bridgehead atoms. The molecule has 2 rings (SSSR count). The van der Waals surface area contributed by atoms with E-state index in [2.05, 4.69) is 4.98 Å². The van der Waals surface area contributed by atoms with Gasteiger partial charge in [0.05, 0.1) is 19.3 Å². The largest absolute Gasteiger partial charge is 0.371 e. The van der Waals surface area contributed by atoms with Gasteiger partial charge in [-0.1, -0.05) is 0 Å². The van der Waals surface area contributed by atoms with Gasteiger partial charge in [-0.05, 0) is 13.8 Å². The molecular formula is C9H12N2O2. The lowest BCUT2D eigenvalue weighted by Gasteiger charge is -2.06. The van der Waals surface area contributed by atoms with E-state index in [4.69, 9.17) is 4.74 Å². The standard InChI is InChI=1S/C9H12N2O2/c1-6-3-9(12)11(7(2)10-6)4-8-5-13-8/h3,8H,4-5H2,1-2H3. The highest BCUT2D eigenvalue weighted by Gasteiger charge is 2.23. The van der Waals surface area contributed by atoms with Crippen molar-refractivity contribution < 1.29 is 4.74 Å². The molecule has 0 aromatic carbocycles. The van der Waals surface area contributed by atoms with Crippen LogP contribution in [-0.2, 0) is 11.3 Å². The molecule has 13 heavy (non-hydrogen) atoms. The second-order valence-corrected chi connectivity index (χ2v) is 3.35. The Labute approximate surface area is 76.2 Å². The molecule has 1 unspecified atom stereocenters. The van der Waals surface area contributed by atoms with E-state index in [-0.39, 0.29) is 11.7 Å². The van der Waals surface area contributed by atoms with E-state index in [1.165, 1.54) is 0 Å². The summed E-state index contributed by atoms with van der Waals surface area (Å²) in [5.41, 5.74) is 0.788. The highest BCUT2D eigenvalue weighted by molar-refractivity contribution is 5.02. The number of nitrogens with zero attached hydrogens (tertiary/aromatic N) is 2. The molecule has 1 atom stereocenters. The first-order valence-corrected chi connectivity index (χ1v) is 4.33. The summed E-state index contributed by atoms with van der Waals surface area (Å²) >= 11 is 0. The maximum Gasteiger partial charge on any atom is 0.253 e. The van der Waals surface area contributed by atoms with Crippen molar-refractivity contribution in [2.75, 3.05) is 6.61 Å². The molecule has 1 fully saturated rings. The number of hydrogen-bond donors (Lipinski definition) is 0. The van der Waals surface area contributed by atoms with Crippen LogP contribution in [0.4, 0.5) is 0 Å². The van der Waals surface area contributed by atoms with Gasteiger partial charge in [0.15, 0.2) is 0 Å². The molecule has 1 saturated heterocycles. The minimum Gasteiger partial charge on any atom is -0.371 e. The third-order valence-corrected chi connectivity index (χ3v) is 2.12. The molecule has 4 nitrogen and oxygen atoms in total.